The van der Waals surface area contributed by atoms with Gasteiger partial charge in [0, 0.05) is 18.1 Å². The first-order valence-electron chi connectivity index (χ1n) is 9.71. The van der Waals surface area contributed by atoms with Gasteiger partial charge in [-0.1, -0.05) is 60.7 Å². The van der Waals surface area contributed by atoms with Crippen LogP contribution in [-0.4, -0.2) is 49.5 Å². The maximum Gasteiger partial charge on any atom is 0.421 e. The normalized spacial score (nSPS) is 22.9. The Hall–Kier alpha value is -3.26. The van der Waals surface area contributed by atoms with Crippen LogP contribution in [0.4, 0.5) is 9.59 Å². The lowest BCUT2D eigenvalue weighted by Crippen LogP contribution is -2.41. The van der Waals surface area contributed by atoms with Crippen molar-refractivity contribution in [3.8, 4) is 0 Å². The minimum atomic E-state index is -0.672. The molecule has 2 aliphatic heterocycles. The third-order valence-electron chi connectivity index (χ3n) is 5.35. The second kappa shape index (κ2) is 7.87. The fraction of sp³-hybridized carbons (Fsp3) is 0.227. The zero-order valence-electron chi connectivity index (χ0n) is 16.1. The fourth-order valence-electron chi connectivity index (χ4n) is 3.94. The second-order valence-electron chi connectivity index (χ2n) is 7.21. The molecule has 5 rings (SSSR count). The fourth-order valence-corrected chi connectivity index (χ4v) is 5.40. The number of hydrogen-bond donors (Lipinski definition) is 0. The van der Waals surface area contributed by atoms with Crippen LogP contribution in [0.15, 0.2) is 79.4 Å². The van der Waals surface area contributed by atoms with Gasteiger partial charge in [0.15, 0.2) is 0 Å². The molecule has 0 bridgehead atoms. The van der Waals surface area contributed by atoms with Crippen molar-refractivity contribution in [2.45, 2.75) is 24.2 Å². The Morgan fingerprint density at radius 1 is 1.10 bits per heavy atom. The smallest absolute Gasteiger partial charge is 0.421 e. The van der Waals surface area contributed by atoms with E-state index in [1.54, 1.807) is 16.7 Å². The highest BCUT2D eigenvalue weighted by Gasteiger charge is 2.54. The molecule has 0 radical (unpaired) electrons. The number of carbonyl (C=O) groups is 2. The van der Waals surface area contributed by atoms with Gasteiger partial charge in [-0.25, -0.2) is 19.1 Å². The summed E-state index contributed by atoms with van der Waals surface area (Å²) in [5.74, 6) is 0.693. The topological polar surface area (TPSA) is 67.7 Å². The van der Waals surface area contributed by atoms with E-state index in [1.807, 2.05) is 65.6 Å². The van der Waals surface area contributed by atoms with Crippen LogP contribution >= 0.6 is 11.8 Å². The van der Waals surface area contributed by atoms with E-state index in [1.165, 1.54) is 23.3 Å². The van der Waals surface area contributed by atoms with Crippen molar-refractivity contribution in [2.24, 2.45) is 0 Å². The van der Waals surface area contributed by atoms with Gasteiger partial charge in [0.2, 0.25) is 6.23 Å². The zero-order chi connectivity index (χ0) is 20.5. The molecule has 0 N–H and O–H groups in total. The van der Waals surface area contributed by atoms with Crippen molar-refractivity contribution in [3.05, 3.63) is 90.5 Å². The SMILES string of the molecule is O=C1N(Cc2ccccc2)C(OC(=O)n2ccnc2)[C@@H]2CSC(c3ccccc3)N12. The lowest BCUT2D eigenvalue weighted by atomic mass is 10.2. The van der Waals surface area contributed by atoms with Gasteiger partial charge in [-0.05, 0) is 11.1 Å². The third-order valence-corrected chi connectivity index (χ3v) is 6.70. The summed E-state index contributed by atoms with van der Waals surface area (Å²) in [5, 5.41) is -0.0982. The molecule has 2 unspecified atom stereocenters. The molecule has 2 saturated heterocycles. The van der Waals surface area contributed by atoms with Gasteiger partial charge in [0.25, 0.3) is 0 Å². The average molecular weight is 420 g/mol. The molecule has 0 aliphatic carbocycles. The monoisotopic (exact) mass is 420 g/mol. The van der Waals surface area contributed by atoms with Crippen LogP contribution in [0.1, 0.15) is 16.5 Å². The lowest BCUT2D eigenvalue weighted by molar-refractivity contribution is 0.0121. The van der Waals surface area contributed by atoms with E-state index in [0.717, 1.165) is 11.1 Å². The standard InChI is InChI=1S/C22H20N4O3S/c27-21-25(13-16-7-3-1-4-8-16)19(29-22(28)24-12-11-23-15-24)18-14-30-20(26(18)21)17-9-5-2-6-10-17/h1-12,15,18-20H,13-14H2/t18-,19?,20?/m0/s1. The summed E-state index contributed by atoms with van der Waals surface area (Å²) < 4.78 is 7.13. The molecule has 2 fully saturated rings. The van der Waals surface area contributed by atoms with Gasteiger partial charge >= 0.3 is 12.1 Å². The van der Waals surface area contributed by atoms with E-state index in [-0.39, 0.29) is 17.4 Å². The summed E-state index contributed by atoms with van der Waals surface area (Å²) in [7, 11) is 0. The number of nitrogens with zero attached hydrogens (tertiary/aromatic N) is 4. The Morgan fingerprint density at radius 3 is 2.53 bits per heavy atom. The van der Waals surface area contributed by atoms with Gasteiger partial charge in [0.1, 0.15) is 17.7 Å². The van der Waals surface area contributed by atoms with E-state index < -0.39 is 12.3 Å². The van der Waals surface area contributed by atoms with E-state index in [9.17, 15) is 9.59 Å². The molecule has 1 aromatic heterocycles. The highest BCUT2D eigenvalue weighted by molar-refractivity contribution is 7.99. The predicted octanol–water partition coefficient (Wildman–Crippen LogP) is 3.95. The first kappa shape index (κ1) is 18.7. The highest BCUT2D eigenvalue weighted by atomic mass is 32.2. The van der Waals surface area contributed by atoms with Crippen molar-refractivity contribution in [3.63, 3.8) is 0 Å². The number of aromatic nitrogens is 2. The maximum atomic E-state index is 13.5. The van der Waals surface area contributed by atoms with Crippen molar-refractivity contribution < 1.29 is 14.3 Å². The first-order chi connectivity index (χ1) is 14.7. The van der Waals surface area contributed by atoms with Crippen molar-refractivity contribution in [1.29, 1.82) is 0 Å². The first-order valence-corrected chi connectivity index (χ1v) is 10.8. The van der Waals surface area contributed by atoms with Crippen LogP contribution in [0.25, 0.3) is 0 Å². The molecule has 30 heavy (non-hydrogen) atoms. The van der Waals surface area contributed by atoms with E-state index in [0.29, 0.717) is 12.3 Å². The largest absolute Gasteiger partial charge is 0.422 e. The number of carbonyl (C=O) groups excluding carboxylic acids is 2. The molecule has 0 spiro atoms. The Morgan fingerprint density at radius 2 is 1.83 bits per heavy atom. The summed E-state index contributed by atoms with van der Waals surface area (Å²) >= 11 is 1.70. The summed E-state index contributed by atoms with van der Waals surface area (Å²) in [6.45, 7) is 0.376. The number of amides is 2. The Kier molecular flexibility index (Phi) is 4.92. The number of urea groups is 1. The molecule has 7 nitrogen and oxygen atoms in total. The molecular formula is C22H20N4O3S. The van der Waals surface area contributed by atoms with Crippen LogP contribution in [0.5, 0.6) is 0 Å². The average Bonchev–Trinajstić information content (AvgIpc) is 3.51. The van der Waals surface area contributed by atoms with Gasteiger partial charge in [-0.3, -0.25) is 9.80 Å². The van der Waals surface area contributed by atoms with Crippen LogP contribution in [0.2, 0.25) is 0 Å². The predicted molar refractivity (Wildman–Crippen MR) is 113 cm³/mol. The van der Waals surface area contributed by atoms with E-state index >= 15 is 0 Å². The summed E-state index contributed by atoms with van der Waals surface area (Å²) in [6.07, 6.45) is 3.24. The quantitative estimate of drug-likeness (QED) is 0.639. The number of thioether (sulfide) groups is 1. The minimum Gasteiger partial charge on any atom is -0.422 e. The van der Waals surface area contributed by atoms with Gasteiger partial charge in [0.05, 0.1) is 6.54 Å². The number of imidazole rings is 1. The third kappa shape index (κ3) is 3.33. The second-order valence-corrected chi connectivity index (χ2v) is 8.32. The summed E-state index contributed by atoms with van der Waals surface area (Å²) in [6, 6.07) is 19.4. The number of fused-ring (bicyclic) bond motifs is 1. The number of rotatable bonds is 4. The summed E-state index contributed by atoms with van der Waals surface area (Å²) in [4.78, 5) is 33.5. The molecule has 8 heteroatoms. The molecule has 3 heterocycles. The molecule has 2 aliphatic rings. The van der Waals surface area contributed by atoms with Gasteiger partial charge in [-0.2, -0.15) is 0 Å². The Labute approximate surface area is 178 Å². The maximum absolute atomic E-state index is 13.5. The number of ether oxygens (including phenoxy) is 1. The van der Waals surface area contributed by atoms with Crippen molar-refractivity contribution >= 4 is 23.9 Å². The zero-order valence-corrected chi connectivity index (χ0v) is 16.9. The molecule has 0 saturated carbocycles. The summed E-state index contributed by atoms with van der Waals surface area (Å²) in [5.41, 5.74) is 2.05. The van der Waals surface area contributed by atoms with E-state index in [2.05, 4.69) is 4.98 Å². The molecule has 3 aromatic rings. The number of hydrogen-bond acceptors (Lipinski definition) is 5. The minimum absolute atomic E-state index is 0.0982. The van der Waals surface area contributed by atoms with Gasteiger partial charge in [-0.15, -0.1) is 11.8 Å². The Bertz CT molecular complexity index is 1030. The van der Waals surface area contributed by atoms with Crippen molar-refractivity contribution in [2.75, 3.05) is 5.75 Å². The molecule has 2 aromatic carbocycles. The molecule has 152 valence electrons. The molecule has 3 atom stereocenters. The highest BCUT2D eigenvalue weighted by Crippen LogP contribution is 2.47. The van der Waals surface area contributed by atoms with Crippen molar-refractivity contribution in [1.82, 2.24) is 19.4 Å². The van der Waals surface area contributed by atoms with E-state index in [4.69, 9.17) is 4.74 Å². The van der Waals surface area contributed by atoms with Crippen LogP contribution in [-0.2, 0) is 11.3 Å². The Balaban J connectivity index is 1.46. The molecular weight excluding hydrogens is 400 g/mol. The molecule has 2 amide bonds. The van der Waals surface area contributed by atoms with Crippen LogP contribution in [0.3, 0.4) is 0 Å². The number of benzene rings is 2. The lowest BCUT2D eigenvalue weighted by Gasteiger charge is -2.25. The van der Waals surface area contributed by atoms with Gasteiger partial charge < -0.3 is 4.74 Å². The van der Waals surface area contributed by atoms with Crippen LogP contribution in [0, 0.1) is 0 Å². The van der Waals surface area contributed by atoms with Crippen LogP contribution < -0.4 is 0 Å².